The molecule has 4 fully saturated rings. The minimum absolute atomic E-state index is 0.0144. The maximum Gasteiger partial charge on any atom is 0.351 e. The Morgan fingerprint density at radius 1 is 1.04 bits per heavy atom. The van der Waals surface area contributed by atoms with Gasteiger partial charge in [-0.3, -0.25) is 4.79 Å². The van der Waals surface area contributed by atoms with Gasteiger partial charge in [0.15, 0.2) is 23.6 Å². The van der Waals surface area contributed by atoms with Gasteiger partial charge in [-0.05, 0) is 68.4 Å². The van der Waals surface area contributed by atoms with Gasteiger partial charge in [-0.25, -0.2) is 9.97 Å². The molecule has 28 heavy (non-hydrogen) atoms. The average molecular weight is 374 g/mol. The Hall–Kier alpha value is -2.69. The van der Waals surface area contributed by atoms with E-state index in [0.29, 0.717) is 5.82 Å². The van der Waals surface area contributed by atoms with E-state index in [1.807, 2.05) is 47.3 Å². The lowest BCUT2D eigenvalue weighted by Gasteiger charge is -2.56. The number of nitrogens with one attached hydrogen (secondary N) is 3. The van der Waals surface area contributed by atoms with Crippen molar-refractivity contribution in [1.82, 2.24) is 10.3 Å². The standard InChI is InChI=1S/C23H24N4O/c28-22(26-23-12-15-9-16(13-23)11-17(10-15)14-23)21-25-20(18-4-6-24-7-5-18)19-3-1-2-8-27(19)21/h1-8,15-17H,9-14H2,(H,26,28)/p+2. The van der Waals surface area contributed by atoms with Crippen molar-refractivity contribution in [1.29, 1.82) is 0 Å². The van der Waals surface area contributed by atoms with Crippen molar-refractivity contribution in [2.24, 2.45) is 17.8 Å². The second kappa shape index (κ2) is 5.90. The van der Waals surface area contributed by atoms with Crippen LogP contribution in [0.5, 0.6) is 0 Å². The molecule has 7 rings (SSSR count). The average Bonchev–Trinajstić information content (AvgIpc) is 3.07. The van der Waals surface area contributed by atoms with Crippen LogP contribution in [-0.4, -0.2) is 16.4 Å². The van der Waals surface area contributed by atoms with Crippen molar-refractivity contribution in [2.45, 2.75) is 44.1 Å². The molecule has 3 aromatic rings. The fraction of sp³-hybridized carbons (Fsp3) is 0.435. The highest BCUT2D eigenvalue weighted by Gasteiger charge is 2.52. The number of nitrogens with zero attached hydrogens (tertiary/aromatic N) is 1. The zero-order valence-corrected chi connectivity index (χ0v) is 15.9. The Bertz CT molecular complexity index is 1020. The lowest BCUT2D eigenvalue weighted by Crippen LogP contribution is -2.60. The number of imidazole rings is 1. The Balaban J connectivity index is 1.38. The summed E-state index contributed by atoms with van der Waals surface area (Å²) in [6.45, 7) is 0. The molecule has 142 valence electrons. The van der Waals surface area contributed by atoms with E-state index in [-0.39, 0.29) is 11.4 Å². The molecule has 0 saturated heterocycles. The van der Waals surface area contributed by atoms with Crippen molar-refractivity contribution < 1.29 is 14.2 Å². The lowest BCUT2D eigenvalue weighted by molar-refractivity contribution is -0.514. The van der Waals surface area contributed by atoms with Crippen molar-refractivity contribution in [3.63, 3.8) is 0 Å². The van der Waals surface area contributed by atoms with Crippen LogP contribution >= 0.6 is 0 Å². The van der Waals surface area contributed by atoms with Gasteiger partial charge in [-0.1, -0.05) is 6.07 Å². The molecule has 3 N–H and O–H groups in total. The van der Waals surface area contributed by atoms with Crippen molar-refractivity contribution in [3.8, 4) is 11.3 Å². The summed E-state index contributed by atoms with van der Waals surface area (Å²) in [5.41, 5.74) is 3.08. The highest BCUT2D eigenvalue weighted by molar-refractivity contribution is 5.92. The van der Waals surface area contributed by atoms with E-state index in [0.717, 1.165) is 53.8 Å². The Morgan fingerprint density at radius 2 is 1.71 bits per heavy atom. The van der Waals surface area contributed by atoms with Crippen LogP contribution in [0, 0.1) is 17.8 Å². The second-order valence-electron chi connectivity index (χ2n) is 9.25. The van der Waals surface area contributed by atoms with Crippen LogP contribution in [0.3, 0.4) is 0 Å². The third-order valence-electron chi connectivity index (χ3n) is 7.24. The molecular formula is C23H26N4O+2. The molecule has 4 saturated carbocycles. The number of H-pyrrole nitrogens is 2. The van der Waals surface area contributed by atoms with E-state index in [2.05, 4.69) is 21.4 Å². The summed E-state index contributed by atoms with van der Waals surface area (Å²) in [5, 5.41) is 3.50. The van der Waals surface area contributed by atoms with E-state index in [9.17, 15) is 4.79 Å². The third kappa shape index (κ3) is 2.49. The molecule has 4 aliphatic rings. The highest BCUT2D eigenvalue weighted by atomic mass is 16.2. The van der Waals surface area contributed by atoms with E-state index in [1.54, 1.807) is 0 Å². The molecule has 3 aromatic heterocycles. The quantitative estimate of drug-likeness (QED) is 0.680. The predicted molar refractivity (Wildman–Crippen MR) is 104 cm³/mol. The van der Waals surface area contributed by atoms with Gasteiger partial charge < -0.3 is 5.32 Å². The largest absolute Gasteiger partial charge is 0.351 e. The molecule has 0 radical (unpaired) electrons. The normalized spacial score (nSPS) is 30.6. The van der Waals surface area contributed by atoms with Gasteiger partial charge in [0.25, 0.3) is 0 Å². The van der Waals surface area contributed by atoms with Gasteiger partial charge in [0, 0.05) is 23.2 Å². The number of aromatic nitrogens is 3. The van der Waals surface area contributed by atoms with Gasteiger partial charge in [0.1, 0.15) is 0 Å². The Labute approximate surface area is 164 Å². The molecule has 0 aromatic carbocycles. The third-order valence-corrected chi connectivity index (χ3v) is 7.24. The molecule has 3 heterocycles. The Morgan fingerprint density at radius 3 is 2.39 bits per heavy atom. The molecule has 4 aliphatic carbocycles. The van der Waals surface area contributed by atoms with Gasteiger partial charge in [-0.2, -0.15) is 4.40 Å². The second-order valence-corrected chi connectivity index (χ2v) is 9.25. The summed E-state index contributed by atoms with van der Waals surface area (Å²) in [5.74, 6) is 3.09. The first-order chi connectivity index (χ1) is 13.7. The molecule has 0 aliphatic heterocycles. The summed E-state index contributed by atoms with van der Waals surface area (Å²) in [4.78, 5) is 19.9. The van der Waals surface area contributed by atoms with E-state index in [4.69, 9.17) is 0 Å². The monoisotopic (exact) mass is 374 g/mol. The smallest absolute Gasteiger partial charge is 0.340 e. The number of carbonyl (C=O) groups is 1. The number of pyridine rings is 2. The van der Waals surface area contributed by atoms with Crippen LogP contribution in [0.15, 0.2) is 48.9 Å². The van der Waals surface area contributed by atoms with Crippen LogP contribution in [0.25, 0.3) is 16.8 Å². The SMILES string of the molecule is O=C(NC12CC3CC(CC(C3)C1)C2)c1[nH]c(-c2cc[nH+]cc2)c2cccc[n+]12. The first-order valence-electron chi connectivity index (χ1n) is 10.5. The first-order valence-corrected chi connectivity index (χ1v) is 10.5. The van der Waals surface area contributed by atoms with Crippen LogP contribution in [-0.2, 0) is 0 Å². The molecule has 5 heteroatoms. The number of aromatic amines is 2. The Kier molecular flexibility index (Phi) is 3.43. The molecule has 5 nitrogen and oxygen atoms in total. The van der Waals surface area contributed by atoms with Crippen LogP contribution in [0.1, 0.15) is 49.1 Å². The maximum atomic E-state index is 13.4. The molecule has 1 amide bonds. The van der Waals surface area contributed by atoms with Gasteiger partial charge >= 0.3 is 11.7 Å². The van der Waals surface area contributed by atoms with E-state index in [1.165, 1.54) is 19.3 Å². The highest BCUT2D eigenvalue weighted by Crippen LogP contribution is 2.55. The number of amides is 1. The fourth-order valence-electron chi connectivity index (χ4n) is 6.59. The molecular weight excluding hydrogens is 348 g/mol. The zero-order valence-electron chi connectivity index (χ0n) is 15.9. The minimum Gasteiger partial charge on any atom is -0.340 e. The number of rotatable bonds is 3. The molecule has 0 spiro atoms. The summed E-state index contributed by atoms with van der Waals surface area (Å²) in [6, 6.07) is 10.1. The van der Waals surface area contributed by atoms with E-state index < -0.39 is 0 Å². The number of hydrogen-bond acceptors (Lipinski definition) is 1. The molecule has 0 atom stereocenters. The summed E-state index contributed by atoms with van der Waals surface area (Å²) >= 11 is 0. The zero-order chi connectivity index (χ0) is 18.7. The number of hydrogen-bond donors (Lipinski definition) is 2. The fourth-order valence-corrected chi connectivity index (χ4v) is 6.59. The number of carbonyl (C=O) groups excluding carboxylic acids is 1. The minimum atomic E-state index is 0.0144. The van der Waals surface area contributed by atoms with Gasteiger partial charge in [0.05, 0.1) is 6.20 Å². The van der Waals surface area contributed by atoms with E-state index >= 15 is 0 Å². The summed E-state index contributed by atoms with van der Waals surface area (Å²) in [7, 11) is 0. The predicted octanol–water partition coefficient (Wildman–Crippen LogP) is 2.93. The lowest BCUT2D eigenvalue weighted by atomic mass is 9.53. The maximum absolute atomic E-state index is 13.4. The van der Waals surface area contributed by atoms with Crippen molar-refractivity contribution in [3.05, 3.63) is 54.7 Å². The topological polar surface area (TPSA) is 63.1 Å². The van der Waals surface area contributed by atoms with Gasteiger partial charge in [-0.15, -0.1) is 0 Å². The summed E-state index contributed by atoms with van der Waals surface area (Å²) in [6.07, 6.45) is 13.4. The number of fused-ring (bicyclic) bond motifs is 1. The van der Waals surface area contributed by atoms with Crippen LogP contribution in [0.4, 0.5) is 0 Å². The molecule has 0 unspecified atom stereocenters. The first kappa shape index (κ1) is 16.3. The van der Waals surface area contributed by atoms with Crippen LogP contribution in [0.2, 0.25) is 0 Å². The van der Waals surface area contributed by atoms with Crippen LogP contribution < -0.4 is 14.7 Å². The summed E-state index contributed by atoms with van der Waals surface area (Å²) < 4.78 is 1.99. The van der Waals surface area contributed by atoms with Crippen molar-refractivity contribution >= 4 is 11.4 Å². The van der Waals surface area contributed by atoms with Gasteiger partial charge in [0.2, 0.25) is 0 Å². The molecule has 4 bridgehead atoms. The van der Waals surface area contributed by atoms with Crippen molar-refractivity contribution in [2.75, 3.05) is 0 Å².